The summed E-state index contributed by atoms with van der Waals surface area (Å²) in [6.45, 7) is 3.47. The topological polar surface area (TPSA) is 52.3 Å². The van der Waals surface area contributed by atoms with Crippen LogP contribution in [0.2, 0.25) is 0 Å². The smallest absolute Gasteiger partial charge is 0.335 e. The summed E-state index contributed by atoms with van der Waals surface area (Å²) in [5.41, 5.74) is 5.15. The van der Waals surface area contributed by atoms with Gasteiger partial charge in [-0.3, -0.25) is 0 Å². The molecule has 0 saturated heterocycles. The van der Waals surface area contributed by atoms with E-state index in [2.05, 4.69) is 5.92 Å². The number of nitrogens with two attached hydrogens (primary N) is 1. The molecule has 3 heteroatoms. The van der Waals surface area contributed by atoms with Crippen LogP contribution in [-0.4, -0.2) is 18.1 Å². The minimum absolute atomic E-state index is 0.160. The van der Waals surface area contributed by atoms with Crippen molar-refractivity contribution in [2.75, 3.05) is 0 Å². The number of hydrogen-bond donors (Lipinski definition) is 1. The minimum Gasteiger partial charge on any atom is -0.461 e. The van der Waals surface area contributed by atoms with Gasteiger partial charge in [-0.1, -0.05) is 5.92 Å². The Kier molecular flexibility index (Phi) is 3.52. The van der Waals surface area contributed by atoms with Crippen LogP contribution >= 0.6 is 0 Å². The van der Waals surface area contributed by atoms with Crippen molar-refractivity contribution in [2.24, 2.45) is 5.73 Å². The van der Waals surface area contributed by atoms with Crippen LogP contribution in [-0.2, 0) is 9.53 Å². The molecule has 0 radical (unpaired) electrons. The van der Waals surface area contributed by atoms with E-state index in [0.717, 1.165) is 0 Å². The van der Waals surface area contributed by atoms with Crippen molar-refractivity contribution in [1.29, 1.82) is 0 Å². The van der Waals surface area contributed by atoms with Crippen LogP contribution in [0.5, 0.6) is 0 Å². The lowest BCUT2D eigenvalue weighted by molar-refractivity contribution is -0.147. The molecule has 0 aliphatic heterocycles. The number of ether oxygens (including phenoxy) is 1. The highest BCUT2D eigenvalue weighted by Crippen LogP contribution is 1.90. The fourth-order valence-corrected chi connectivity index (χ4v) is 0.374. The van der Waals surface area contributed by atoms with Crippen molar-refractivity contribution in [3.05, 3.63) is 0 Å². The van der Waals surface area contributed by atoms with E-state index in [4.69, 9.17) is 16.9 Å². The van der Waals surface area contributed by atoms with Gasteiger partial charge in [-0.25, -0.2) is 4.79 Å². The second kappa shape index (κ2) is 3.91. The molecule has 56 valence electrons. The van der Waals surface area contributed by atoms with Crippen molar-refractivity contribution in [3.8, 4) is 12.3 Å². The molecular weight excluding hydrogens is 130 g/mol. The Morgan fingerprint density at radius 3 is 2.50 bits per heavy atom. The Morgan fingerprint density at radius 1 is 1.70 bits per heavy atom. The van der Waals surface area contributed by atoms with E-state index in [1.807, 2.05) is 0 Å². The van der Waals surface area contributed by atoms with Crippen LogP contribution in [0.15, 0.2) is 0 Å². The molecular formula is C7H11NO2. The lowest BCUT2D eigenvalue weighted by Crippen LogP contribution is -2.32. The summed E-state index contributed by atoms with van der Waals surface area (Å²) in [6, 6.07) is -0.928. The van der Waals surface area contributed by atoms with Crippen LogP contribution < -0.4 is 5.73 Å². The summed E-state index contributed by atoms with van der Waals surface area (Å²) in [7, 11) is 0. The Morgan fingerprint density at radius 2 is 2.20 bits per heavy atom. The number of esters is 1. The molecule has 0 aliphatic rings. The van der Waals surface area contributed by atoms with E-state index in [1.165, 1.54) is 0 Å². The van der Waals surface area contributed by atoms with E-state index in [9.17, 15) is 4.79 Å². The van der Waals surface area contributed by atoms with E-state index >= 15 is 0 Å². The summed E-state index contributed by atoms with van der Waals surface area (Å²) in [5, 5.41) is 0. The molecule has 1 unspecified atom stereocenters. The maximum Gasteiger partial charge on any atom is 0.335 e. The summed E-state index contributed by atoms with van der Waals surface area (Å²) in [5.74, 6) is 1.53. The molecule has 10 heavy (non-hydrogen) atoms. The molecule has 0 saturated carbocycles. The van der Waals surface area contributed by atoms with Crippen LogP contribution in [0.4, 0.5) is 0 Å². The monoisotopic (exact) mass is 141 g/mol. The highest BCUT2D eigenvalue weighted by molar-refractivity contribution is 5.79. The van der Waals surface area contributed by atoms with Gasteiger partial charge < -0.3 is 10.5 Å². The first kappa shape index (κ1) is 8.99. The zero-order valence-corrected chi connectivity index (χ0v) is 6.13. The molecule has 0 fully saturated rings. The van der Waals surface area contributed by atoms with E-state index in [-0.39, 0.29) is 6.10 Å². The van der Waals surface area contributed by atoms with Crippen molar-refractivity contribution >= 4 is 5.97 Å². The third kappa shape index (κ3) is 3.10. The molecule has 0 aliphatic carbocycles. The lowest BCUT2D eigenvalue weighted by Gasteiger charge is -2.08. The molecule has 0 rings (SSSR count). The van der Waals surface area contributed by atoms with E-state index in [1.54, 1.807) is 13.8 Å². The molecule has 3 nitrogen and oxygen atoms in total. The van der Waals surface area contributed by atoms with Gasteiger partial charge in [-0.2, -0.15) is 0 Å². The van der Waals surface area contributed by atoms with Crippen molar-refractivity contribution < 1.29 is 9.53 Å². The van der Waals surface area contributed by atoms with Gasteiger partial charge in [-0.05, 0) is 13.8 Å². The van der Waals surface area contributed by atoms with E-state index in [0.29, 0.717) is 0 Å². The first-order valence-electron chi connectivity index (χ1n) is 3.00. The number of hydrogen-bond acceptors (Lipinski definition) is 3. The van der Waals surface area contributed by atoms with Crippen molar-refractivity contribution in [3.63, 3.8) is 0 Å². The van der Waals surface area contributed by atoms with Gasteiger partial charge in [0.05, 0.1) is 6.10 Å². The summed E-state index contributed by atoms with van der Waals surface area (Å²) >= 11 is 0. The first-order chi connectivity index (χ1) is 4.57. The average molecular weight is 141 g/mol. The van der Waals surface area contributed by atoms with Gasteiger partial charge in [0.2, 0.25) is 0 Å². The maximum atomic E-state index is 10.7. The van der Waals surface area contributed by atoms with Gasteiger partial charge in [0.1, 0.15) is 0 Å². The van der Waals surface area contributed by atoms with Crippen LogP contribution in [0.1, 0.15) is 13.8 Å². The summed E-state index contributed by atoms with van der Waals surface area (Å²) < 4.78 is 4.70. The lowest BCUT2D eigenvalue weighted by atomic mass is 10.3. The fraction of sp³-hybridized carbons (Fsp3) is 0.571. The van der Waals surface area contributed by atoms with Crippen molar-refractivity contribution in [1.82, 2.24) is 0 Å². The zero-order valence-electron chi connectivity index (χ0n) is 6.13. The Balaban J connectivity index is 3.76. The molecule has 0 amide bonds. The average Bonchev–Trinajstić information content (AvgIpc) is 1.85. The Bertz CT molecular complexity index is 157. The minimum atomic E-state index is -0.928. The maximum absolute atomic E-state index is 10.7. The molecule has 0 aromatic carbocycles. The molecule has 0 bridgehead atoms. The van der Waals surface area contributed by atoms with E-state index < -0.39 is 12.0 Å². The molecule has 0 aromatic rings. The number of terminal acetylenes is 1. The van der Waals surface area contributed by atoms with Crippen molar-refractivity contribution in [2.45, 2.75) is 26.0 Å². The predicted octanol–water partition coefficient (Wildman–Crippen LogP) is -0.102. The van der Waals surface area contributed by atoms with Gasteiger partial charge in [0.15, 0.2) is 6.04 Å². The predicted molar refractivity (Wildman–Crippen MR) is 38.0 cm³/mol. The quantitative estimate of drug-likeness (QED) is 0.431. The number of carbonyl (C=O) groups is 1. The molecule has 0 heterocycles. The zero-order chi connectivity index (χ0) is 8.15. The first-order valence-corrected chi connectivity index (χ1v) is 3.00. The van der Waals surface area contributed by atoms with Gasteiger partial charge in [-0.15, -0.1) is 6.42 Å². The highest BCUT2D eigenvalue weighted by atomic mass is 16.5. The molecule has 2 N–H and O–H groups in total. The largest absolute Gasteiger partial charge is 0.461 e. The third-order valence-electron chi connectivity index (χ3n) is 0.785. The molecule has 1 atom stereocenters. The molecule has 0 aromatic heterocycles. The standard InChI is InChI=1S/C7H11NO2/c1-4-6(8)7(9)10-5(2)3/h1,5-6H,8H2,2-3H3. The SMILES string of the molecule is C#CC(N)C(=O)OC(C)C. The Hall–Kier alpha value is -1.01. The van der Waals surface area contributed by atoms with Crippen LogP contribution in [0.3, 0.4) is 0 Å². The van der Waals surface area contributed by atoms with Crippen LogP contribution in [0, 0.1) is 12.3 Å². The fourth-order valence-electron chi connectivity index (χ4n) is 0.374. The van der Waals surface area contributed by atoms with Crippen LogP contribution in [0.25, 0.3) is 0 Å². The summed E-state index contributed by atoms with van der Waals surface area (Å²) in [6.07, 6.45) is 4.71. The normalized spacial score (nSPS) is 12.3. The van der Waals surface area contributed by atoms with Gasteiger partial charge in [0.25, 0.3) is 0 Å². The van der Waals surface area contributed by atoms with Gasteiger partial charge in [0, 0.05) is 0 Å². The second-order valence-electron chi connectivity index (χ2n) is 2.13. The third-order valence-corrected chi connectivity index (χ3v) is 0.785. The number of rotatable bonds is 2. The molecule has 0 spiro atoms. The summed E-state index contributed by atoms with van der Waals surface area (Å²) in [4.78, 5) is 10.7. The highest BCUT2D eigenvalue weighted by Gasteiger charge is 2.12. The van der Waals surface area contributed by atoms with Gasteiger partial charge >= 0.3 is 5.97 Å². The second-order valence-corrected chi connectivity index (χ2v) is 2.13. The number of carbonyl (C=O) groups excluding carboxylic acids is 1. The Labute approximate surface area is 60.5 Å².